The molecule has 2 aromatic rings. The van der Waals surface area contributed by atoms with Crippen LogP contribution in [-0.2, 0) is 8.85 Å². The lowest BCUT2D eigenvalue weighted by Gasteiger charge is -2.14. The van der Waals surface area contributed by atoms with Crippen LogP contribution >= 0.6 is 0 Å². The van der Waals surface area contributed by atoms with E-state index in [0.29, 0.717) is 0 Å². The second-order valence-corrected chi connectivity index (χ2v) is 6.91. The van der Waals surface area contributed by atoms with Crippen molar-refractivity contribution in [1.82, 2.24) is 0 Å². The SMILES string of the molecule is CC/C(=C(/CC)c1ccc(O)cc1)c1ccc(O)cc1.CCO[SiH2]OCC. The second-order valence-electron chi connectivity index (χ2n) is 5.86. The van der Waals surface area contributed by atoms with Gasteiger partial charge in [-0.2, -0.15) is 0 Å². The number of phenolic OH excluding ortho intramolecular Hbond substituents is 2. The molecule has 0 spiro atoms. The molecule has 0 unspecified atom stereocenters. The molecule has 0 fully saturated rings. The average molecular weight is 389 g/mol. The van der Waals surface area contributed by atoms with Crippen LogP contribution in [0.3, 0.4) is 0 Å². The van der Waals surface area contributed by atoms with Crippen LogP contribution in [0, 0.1) is 0 Å². The fourth-order valence-corrected chi connectivity index (χ4v) is 3.19. The molecule has 2 rings (SSSR count). The minimum Gasteiger partial charge on any atom is -0.508 e. The van der Waals surface area contributed by atoms with Crippen molar-refractivity contribution >= 4 is 21.2 Å². The molecule has 0 amide bonds. The molecular formula is C22H32O4Si. The van der Waals surface area contributed by atoms with Gasteiger partial charge in [0.05, 0.1) is 0 Å². The highest BCUT2D eigenvalue weighted by Gasteiger charge is 2.09. The van der Waals surface area contributed by atoms with Gasteiger partial charge in [0.1, 0.15) is 11.5 Å². The van der Waals surface area contributed by atoms with Crippen molar-refractivity contribution in [3.05, 3.63) is 59.7 Å². The van der Waals surface area contributed by atoms with E-state index in [0.717, 1.165) is 37.2 Å². The van der Waals surface area contributed by atoms with Crippen molar-refractivity contribution in [2.45, 2.75) is 40.5 Å². The third-order valence-corrected chi connectivity index (χ3v) is 5.23. The second kappa shape index (κ2) is 13.1. The summed E-state index contributed by atoms with van der Waals surface area (Å²) in [5.41, 5.74) is 4.82. The van der Waals surface area contributed by atoms with E-state index in [9.17, 15) is 10.2 Å². The first kappa shape index (κ1) is 23.0. The Morgan fingerprint density at radius 3 is 1.26 bits per heavy atom. The number of allylic oxidation sites excluding steroid dienone is 2. The predicted molar refractivity (Wildman–Crippen MR) is 115 cm³/mol. The molecule has 27 heavy (non-hydrogen) atoms. The van der Waals surface area contributed by atoms with Gasteiger partial charge < -0.3 is 19.1 Å². The molecule has 2 N–H and O–H groups in total. The summed E-state index contributed by atoms with van der Waals surface area (Å²) in [7, 11) is -0.589. The fourth-order valence-electron chi connectivity index (χ4n) is 2.73. The lowest BCUT2D eigenvalue weighted by molar-refractivity contribution is 0.240. The van der Waals surface area contributed by atoms with Gasteiger partial charge in [0.25, 0.3) is 0 Å². The smallest absolute Gasteiger partial charge is 0.304 e. The van der Waals surface area contributed by atoms with E-state index in [1.165, 1.54) is 11.1 Å². The van der Waals surface area contributed by atoms with Gasteiger partial charge in [-0.15, -0.1) is 0 Å². The predicted octanol–water partition coefficient (Wildman–Crippen LogP) is 4.89. The highest BCUT2D eigenvalue weighted by atomic mass is 28.3. The van der Waals surface area contributed by atoms with Gasteiger partial charge in [-0.25, -0.2) is 0 Å². The van der Waals surface area contributed by atoms with E-state index in [4.69, 9.17) is 8.85 Å². The first-order valence-corrected chi connectivity index (χ1v) is 10.7. The van der Waals surface area contributed by atoms with Crippen molar-refractivity contribution in [1.29, 1.82) is 0 Å². The number of benzene rings is 2. The summed E-state index contributed by atoms with van der Waals surface area (Å²) in [6, 6.07) is 14.7. The summed E-state index contributed by atoms with van der Waals surface area (Å²) in [5.74, 6) is 0.568. The van der Waals surface area contributed by atoms with Crippen LogP contribution in [-0.4, -0.2) is 33.4 Å². The van der Waals surface area contributed by atoms with Crippen molar-refractivity contribution in [2.75, 3.05) is 13.2 Å². The monoisotopic (exact) mass is 388 g/mol. The lowest BCUT2D eigenvalue weighted by Crippen LogP contribution is -2.02. The molecule has 0 aromatic heterocycles. The molecule has 0 saturated heterocycles. The quantitative estimate of drug-likeness (QED) is 0.384. The van der Waals surface area contributed by atoms with Crippen LogP contribution in [0.15, 0.2) is 48.5 Å². The van der Waals surface area contributed by atoms with Crippen LogP contribution in [0.5, 0.6) is 11.5 Å². The van der Waals surface area contributed by atoms with Crippen LogP contribution in [0.25, 0.3) is 11.1 Å². The van der Waals surface area contributed by atoms with E-state index >= 15 is 0 Å². The summed E-state index contributed by atoms with van der Waals surface area (Å²) < 4.78 is 9.98. The molecule has 148 valence electrons. The molecule has 0 aliphatic carbocycles. The van der Waals surface area contributed by atoms with E-state index in [1.807, 2.05) is 38.1 Å². The minimum absolute atomic E-state index is 0.284. The van der Waals surface area contributed by atoms with E-state index < -0.39 is 10.0 Å². The Morgan fingerprint density at radius 2 is 1.00 bits per heavy atom. The maximum Gasteiger partial charge on any atom is 0.304 e. The summed E-state index contributed by atoms with van der Waals surface area (Å²) in [4.78, 5) is 0. The Kier molecular flexibility index (Phi) is 11.2. The molecule has 0 saturated carbocycles. The van der Waals surface area contributed by atoms with Gasteiger partial charge in [-0.05, 0) is 73.2 Å². The average Bonchev–Trinajstić information content (AvgIpc) is 2.69. The van der Waals surface area contributed by atoms with Crippen molar-refractivity contribution in [3.8, 4) is 11.5 Å². The van der Waals surface area contributed by atoms with Crippen molar-refractivity contribution < 1.29 is 19.1 Å². The van der Waals surface area contributed by atoms with E-state index in [2.05, 4.69) is 13.8 Å². The Bertz CT molecular complexity index is 619. The molecule has 0 heterocycles. The van der Waals surface area contributed by atoms with Gasteiger partial charge in [0.2, 0.25) is 0 Å². The number of phenols is 2. The van der Waals surface area contributed by atoms with Crippen LogP contribution in [0.1, 0.15) is 51.7 Å². The molecule has 0 radical (unpaired) electrons. The number of hydrogen-bond donors (Lipinski definition) is 2. The number of hydrogen-bond acceptors (Lipinski definition) is 4. The Balaban J connectivity index is 0.000000445. The van der Waals surface area contributed by atoms with Gasteiger partial charge >= 0.3 is 10.0 Å². The highest BCUT2D eigenvalue weighted by molar-refractivity contribution is 6.17. The first-order chi connectivity index (χ1) is 13.1. The van der Waals surface area contributed by atoms with Crippen LogP contribution < -0.4 is 0 Å². The zero-order valence-corrected chi connectivity index (χ0v) is 18.3. The van der Waals surface area contributed by atoms with Gasteiger partial charge in [0.15, 0.2) is 0 Å². The molecule has 5 heteroatoms. The van der Waals surface area contributed by atoms with E-state index in [1.54, 1.807) is 24.3 Å². The zero-order valence-electron chi connectivity index (χ0n) is 16.9. The number of aromatic hydroxyl groups is 2. The zero-order chi connectivity index (χ0) is 20.1. The largest absolute Gasteiger partial charge is 0.508 e. The van der Waals surface area contributed by atoms with Crippen molar-refractivity contribution in [3.63, 3.8) is 0 Å². The van der Waals surface area contributed by atoms with Gasteiger partial charge in [-0.3, -0.25) is 0 Å². The third-order valence-electron chi connectivity index (χ3n) is 4.08. The van der Waals surface area contributed by atoms with Crippen molar-refractivity contribution in [2.24, 2.45) is 0 Å². The van der Waals surface area contributed by atoms with Gasteiger partial charge in [0, 0.05) is 13.2 Å². The topological polar surface area (TPSA) is 58.9 Å². The van der Waals surface area contributed by atoms with Gasteiger partial charge in [-0.1, -0.05) is 38.1 Å². The first-order valence-electron chi connectivity index (χ1n) is 9.53. The van der Waals surface area contributed by atoms with Crippen LogP contribution in [0.2, 0.25) is 0 Å². The maximum atomic E-state index is 9.41. The summed E-state index contributed by atoms with van der Waals surface area (Å²) in [6.07, 6.45) is 1.85. The third kappa shape index (κ3) is 7.99. The van der Waals surface area contributed by atoms with Crippen LogP contribution in [0.4, 0.5) is 0 Å². The molecule has 4 nitrogen and oxygen atoms in total. The maximum absolute atomic E-state index is 9.41. The summed E-state index contributed by atoms with van der Waals surface area (Å²) >= 11 is 0. The molecule has 0 aliphatic heterocycles. The standard InChI is InChI=1S/C18H20O2.C4H12O2Si/c1-3-17(13-5-9-15(19)10-6-13)18(4-2)14-7-11-16(20)12-8-14;1-3-5-7-6-4-2/h5-12,19-20H,3-4H2,1-2H3;3-4,7H2,1-2H3/b18-17+;. The summed E-state index contributed by atoms with van der Waals surface area (Å²) in [5, 5.41) is 18.8. The fraction of sp³-hybridized carbons (Fsp3) is 0.364. The molecule has 0 atom stereocenters. The Labute approximate surface area is 165 Å². The molecular weight excluding hydrogens is 356 g/mol. The molecule has 2 aromatic carbocycles. The number of rotatable bonds is 8. The lowest BCUT2D eigenvalue weighted by atomic mass is 9.91. The summed E-state index contributed by atoms with van der Waals surface area (Å²) in [6.45, 7) is 9.83. The minimum atomic E-state index is -0.589. The molecule has 0 aliphatic rings. The molecule has 0 bridgehead atoms. The van der Waals surface area contributed by atoms with E-state index in [-0.39, 0.29) is 11.5 Å². The Hall–Kier alpha value is -2.08. The Morgan fingerprint density at radius 1 is 0.667 bits per heavy atom. The highest BCUT2D eigenvalue weighted by Crippen LogP contribution is 2.32. The normalized spacial score (nSPS) is 11.4.